The van der Waals surface area contributed by atoms with Gasteiger partial charge in [0, 0.05) is 13.1 Å². The Hall–Kier alpha value is -1.18. The van der Waals surface area contributed by atoms with Crippen molar-refractivity contribution in [3.63, 3.8) is 0 Å². The average molecular weight is 258 g/mol. The summed E-state index contributed by atoms with van der Waals surface area (Å²) in [6.45, 7) is 1.02. The second-order valence-electron chi connectivity index (χ2n) is 4.86. The van der Waals surface area contributed by atoms with Gasteiger partial charge in [-0.25, -0.2) is 0 Å². The molecule has 1 amide bonds. The van der Waals surface area contributed by atoms with E-state index in [4.69, 9.17) is 22.3 Å². The third kappa shape index (κ3) is 3.41. The number of rotatable bonds is 5. The number of carboxylic acid groups (broad SMARTS) is 1. The molecule has 0 saturated carbocycles. The van der Waals surface area contributed by atoms with E-state index in [1.807, 2.05) is 0 Å². The highest BCUT2D eigenvalue weighted by molar-refractivity contribution is 5.84. The number of hydrogen-bond donors (Lipinski definition) is 4. The molecule has 18 heavy (non-hydrogen) atoms. The number of piperidine rings is 1. The van der Waals surface area contributed by atoms with E-state index >= 15 is 0 Å². The number of likely N-dealkylation sites (tertiary alicyclic amines) is 1. The van der Waals surface area contributed by atoms with Crippen molar-refractivity contribution in [2.24, 2.45) is 17.2 Å². The van der Waals surface area contributed by atoms with Crippen LogP contribution in [0.4, 0.5) is 0 Å². The zero-order valence-corrected chi connectivity index (χ0v) is 10.5. The molecule has 0 aliphatic carbocycles. The molecule has 0 aromatic heterocycles. The second kappa shape index (κ2) is 6.12. The average Bonchev–Trinajstić information content (AvgIpc) is 2.34. The van der Waals surface area contributed by atoms with Gasteiger partial charge in [-0.2, -0.15) is 0 Å². The Morgan fingerprint density at radius 1 is 1.44 bits per heavy atom. The summed E-state index contributed by atoms with van der Waals surface area (Å²) in [5, 5.41) is 9.07. The van der Waals surface area contributed by atoms with Gasteiger partial charge in [0.05, 0.1) is 6.04 Å². The molecular formula is C11H22N4O3. The van der Waals surface area contributed by atoms with Crippen molar-refractivity contribution >= 4 is 11.9 Å². The molecule has 1 aliphatic rings. The fourth-order valence-corrected chi connectivity index (χ4v) is 2.14. The van der Waals surface area contributed by atoms with Gasteiger partial charge in [-0.3, -0.25) is 9.59 Å². The number of nitrogens with two attached hydrogens (primary N) is 3. The quantitative estimate of drug-likeness (QED) is 0.471. The van der Waals surface area contributed by atoms with Crippen molar-refractivity contribution in [2.45, 2.75) is 37.3 Å². The fourth-order valence-electron chi connectivity index (χ4n) is 2.14. The van der Waals surface area contributed by atoms with Crippen molar-refractivity contribution < 1.29 is 14.7 Å². The summed E-state index contributed by atoms with van der Waals surface area (Å²) in [7, 11) is 0. The molecule has 7 N–H and O–H groups in total. The summed E-state index contributed by atoms with van der Waals surface area (Å²) in [5.41, 5.74) is 15.6. The van der Waals surface area contributed by atoms with Crippen LogP contribution in [0.3, 0.4) is 0 Å². The van der Waals surface area contributed by atoms with Gasteiger partial charge in [0.1, 0.15) is 5.54 Å². The molecule has 0 radical (unpaired) electrons. The largest absolute Gasteiger partial charge is 0.480 e. The molecule has 1 saturated heterocycles. The van der Waals surface area contributed by atoms with Gasteiger partial charge in [0.15, 0.2) is 0 Å². The van der Waals surface area contributed by atoms with Gasteiger partial charge in [0.2, 0.25) is 5.91 Å². The number of carbonyl (C=O) groups excluding carboxylic acids is 1. The minimum Gasteiger partial charge on any atom is -0.480 e. The van der Waals surface area contributed by atoms with Crippen LogP contribution in [-0.4, -0.2) is 53.1 Å². The number of carboxylic acids is 1. The van der Waals surface area contributed by atoms with Gasteiger partial charge >= 0.3 is 5.97 Å². The third-order valence-electron chi connectivity index (χ3n) is 3.30. The van der Waals surface area contributed by atoms with Crippen LogP contribution in [0.25, 0.3) is 0 Å². The Morgan fingerprint density at radius 2 is 2.11 bits per heavy atom. The van der Waals surface area contributed by atoms with Crippen molar-refractivity contribution in [2.75, 3.05) is 19.6 Å². The van der Waals surface area contributed by atoms with Crippen molar-refractivity contribution in [3.05, 3.63) is 0 Å². The molecule has 2 atom stereocenters. The summed E-state index contributed by atoms with van der Waals surface area (Å²) in [6, 6.07) is -0.621. The lowest BCUT2D eigenvalue weighted by Gasteiger charge is -2.38. The van der Waals surface area contributed by atoms with E-state index in [0.717, 1.165) is 0 Å². The highest BCUT2D eigenvalue weighted by Gasteiger charge is 2.40. The third-order valence-corrected chi connectivity index (χ3v) is 3.30. The number of nitrogens with zero attached hydrogens (tertiary/aromatic N) is 1. The Bertz CT molecular complexity index is 323. The second-order valence-corrected chi connectivity index (χ2v) is 4.86. The summed E-state index contributed by atoms with van der Waals surface area (Å²) in [5.74, 6) is -1.31. The SMILES string of the molecule is NCCC[C@H](N)C(=O)N1CCC[C@](N)(C(=O)O)C1. The first-order valence-electron chi connectivity index (χ1n) is 6.17. The minimum absolute atomic E-state index is 0.0253. The van der Waals surface area contributed by atoms with Gasteiger partial charge in [-0.05, 0) is 32.2 Å². The molecule has 0 bridgehead atoms. The molecule has 1 fully saturated rings. The molecule has 104 valence electrons. The summed E-state index contributed by atoms with van der Waals surface area (Å²) in [6.07, 6.45) is 2.15. The predicted octanol–water partition coefficient (Wildman–Crippen LogP) is -1.54. The van der Waals surface area contributed by atoms with E-state index in [2.05, 4.69) is 0 Å². The summed E-state index contributed by atoms with van der Waals surface area (Å²) >= 11 is 0. The van der Waals surface area contributed by atoms with Crippen LogP contribution in [0.5, 0.6) is 0 Å². The Kier molecular flexibility index (Phi) is 5.06. The van der Waals surface area contributed by atoms with Gasteiger partial charge < -0.3 is 27.2 Å². The first kappa shape index (κ1) is 14.9. The lowest BCUT2D eigenvalue weighted by atomic mass is 9.90. The molecule has 0 aromatic carbocycles. The standard InChI is InChI=1S/C11H22N4O3/c12-5-1-3-8(13)9(16)15-6-2-4-11(14,7-15)10(17)18/h8H,1-7,12-14H2,(H,17,18)/t8-,11+/m0/s1. The first-order chi connectivity index (χ1) is 8.40. The Morgan fingerprint density at radius 3 is 2.67 bits per heavy atom. The van der Waals surface area contributed by atoms with E-state index in [1.54, 1.807) is 0 Å². The van der Waals surface area contributed by atoms with E-state index in [0.29, 0.717) is 38.8 Å². The number of carbonyl (C=O) groups is 2. The van der Waals surface area contributed by atoms with Crippen LogP contribution < -0.4 is 17.2 Å². The maximum Gasteiger partial charge on any atom is 0.325 e. The van der Waals surface area contributed by atoms with Crippen molar-refractivity contribution in [1.82, 2.24) is 4.90 Å². The van der Waals surface area contributed by atoms with Gasteiger partial charge in [-0.15, -0.1) is 0 Å². The molecular weight excluding hydrogens is 236 g/mol. The fraction of sp³-hybridized carbons (Fsp3) is 0.818. The number of amides is 1. The molecule has 0 unspecified atom stereocenters. The maximum absolute atomic E-state index is 12.0. The molecule has 1 aliphatic heterocycles. The lowest BCUT2D eigenvalue weighted by Crippen LogP contribution is -2.62. The molecule has 0 spiro atoms. The molecule has 7 heteroatoms. The topological polar surface area (TPSA) is 136 Å². The normalized spacial score (nSPS) is 25.8. The van der Waals surface area contributed by atoms with E-state index in [1.165, 1.54) is 4.90 Å². The highest BCUT2D eigenvalue weighted by Crippen LogP contribution is 2.20. The summed E-state index contributed by atoms with van der Waals surface area (Å²) in [4.78, 5) is 24.6. The van der Waals surface area contributed by atoms with Crippen molar-refractivity contribution in [1.29, 1.82) is 0 Å². The van der Waals surface area contributed by atoms with Gasteiger partial charge in [-0.1, -0.05) is 0 Å². The van der Waals surface area contributed by atoms with E-state index in [-0.39, 0.29) is 12.5 Å². The van der Waals surface area contributed by atoms with Crippen LogP contribution in [0, 0.1) is 0 Å². The molecule has 0 aromatic rings. The zero-order chi connectivity index (χ0) is 13.8. The number of hydrogen-bond acceptors (Lipinski definition) is 5. The minimum atomic E-state index is -1.35. The van der Waals surface area contributed by atoms with Crippen LogP contribution in [0.15, 0.2) is 0 Å². The van der Waals surface area contributed by atoms with Gasteiger partial charge in [0.25, 0.3) is 0 Å². The lowest BCUT2D eigenvalue weighted by molar-refractivity contribution is -0.148. The van der Waals surface area contributed by atoms with E-state index in [9.17, 15) is 9.59 Å². The maximum atomic E-state index is 12.0. The zero-order valence-electron chi connectivity index (χ0n) is 10.5. The summed E-state index contributed by atoms with van der Waals surface area (Å²) < 4.78 is 0. The monoisotopic (exact) mass is 258 g/mol. The van der Waals surface area contributed by atoms with E-state index < -0.39 is 17.6 Å². The Balaban J connectivity index is 2.61. The predicted molar refractivity (Wildman–Crippen MR) is 66.6 cm³/mol. The Labute approximate surface area is 106 Å². The van der Waals surface area contributed by atoms with Crippen LogP contribution >= 0.6 is 0 Å². The molecule has 1 rings (SSSR count). The molecule has 7 nitrogen and oxygen atoms in total. The van der Waals surface area contributed by atoms with Crippen LogP contribution in [0.1, 0.15) is 25.7 Å². The first-order valence-corrected chi connectivity index (χ1v) is 6.17. The van der Waals surface area contributed by atoms with Crippen LogP contribution in [0.2, 0.25) is 0 Å². The molecule has 1 heterocycles. The van der Waals surface area contributed by atoms with Crippen LogP contribution in [-0.2, 0) is 9.59 Å². The smallest absolute Gasteiger partial charge is 0.325 e. The number of aliphatic carboxylic acids is 1. The van der Waals surface area contributed by atoms with Crippen molar-refractivity contribution in [3.8, 4) is 0 Å². The highest BCUT2D eigenvalue weighted by atomic mass is 16.4.